The number of carbonyl (C=O) groups excluding carboxylic acids is 2. The molecular weight excluding hydrogens is 703 g/mol. The summed E-state index contributed by atoms with van der Waals surface area (Å²) in [5.41, 5.74) is 12.8. The molecule has 57 heavy (non-hydrogen) atoms. The van der Waals surface area contributed by atoms with Gasteiger partial charge in [-0.3, -0.25) is 9.59 Å². The van der Waals surface area contributed by atoms with Crippen LogP contribution in [0.1, 0.15) is 103 Å². The third-order valence-corrected chi connectivity index (χ3v) is 11.4. The van der Waals surface area contributed by atoms with Crippen LogP contribution in [0.4, 0.5) is 11.4 Å². The highest BCUT2D eigenvalue weighted by molar-refractivity contribution is 5.99. The average Bonchev–Trinajstić information content (AvgIpc) is 4.00. The third-order valence-electron chi connectivity index (χ3n) is 11.4. The Labute approximate surface area is 338 Å². The Morgan fingerprint density at radius 2 is 1.07 bits per heavy atom. The molecular formula is C50H59N5O2. The molecule has 3 fully saturated rings. The maximum atomic E-state index is 13.2. The number of nitrogen functional groups attached to an aromatic ring is 1. The van der Waals surface area contributed by atoms with Crippen LogP contribution in [0.3, 0.4) is 0 Å². The van der Waals surface area contributed by atoms with E-state index in [4.69, 9.17) is 5.73 Å². The smallest absolute Gasteiger partial charge is 0.252 e. The molecule has 0 bridgehead atoms. The topological polar surface area (TPSA) is 108 Å². The second-order valence-electron chi connectivity index (χ2n) is 15.1. The fourth-order valence-corrected chi connectivity index (χ4v) is 7.90. The molecule has 7 nitrogen and oxygen atoms in total. The van der Waals surface area contributed by atoms with Gasteiger partial charge >= 0.3 is 0 Å². The van der Waals surface area contributed by atoms with Crippen molar-refractivity contribution in [3.8, 4) is 0 Å². The van der Waals surface area contributed by atoms with Gasteiger partial charge in [-0.2, -0.15) is 0 Å². The number of anilines is 2. The van der Waals surface area contributed by atoms with Gasteiger partial charge in [0, 0.05) is 35.6 Å². The number of fused-ring (bicyclic) bond motifs is 2. The molecule has 0 radical (unpaired) electrons. The standard InChI is InChI=1S/C24H25N3O.C22H22N2O.2C2H6/c1-16-9-10-18(26-19-14-25-15-19)13-21(16)23(28)27-24(11-12-24)22-8-4-6-17-5-2-3-7-20(17)22;1-15-10-11-17(23)14-19(15)21(25)24-22(12-5-13-22)20-9-4-7-16-6-2-3-8-18(16)20;2*1-2/h2-10,13,19,25-26H,11-12,14-15H2,1H3,(H,27,28);2-4,6-11,14H,5,12-13,23H2,1H3,(H,24,25);2*1-2H3. The zero-order chi connectivity index (χ0) is 40.6. The highest BCUT2D eigenvalue weighted by Crippen LogP contribution is 2.48. The van der Waals surface area contributed by atoms with Gasteiger partial charge in [0.25, 0.3) is 11.8 Å². The molecule has 6 N–H and O–H groups in total. The minimum Gasteiger partial charge on any atom is -0.399 e. The van der Waals surface area contributed by atoms with Crippen molar-refractivity contribution in [2.45, 2.75) is 90.8 Å². The van der Waals surface area contributed by atoms with Crippen molar-refractivity contribution < 1.29 is 9.59 Å². The Morgan fingerprint density at radius 1 is 0.596 bits per heavy atom. The van der Waals surface area contributed by atoms with Crippen LogP contribution in [-0.4, -0.2) is 30.9 Å². The Morgan fingerprint density at radius 3 is 1.54 bits per heavy atom. The van der Waals surface area contributed by atoms with Gasteiger partial charge < -0.3 is 27.0 Å². The van der Waals surface area contributed by atoms with Crippen molar-refractivity contribution in [2.75, 3.05) is 24.1 Å². The molecule has 1 heterocycles. The van der Waals surface area contributed by atoms with E-state index < -0.39 is 0 Å². The van der Waals surface area contributed by atoms with E-state index in [9.17, 15) is 9.59 Å². The Bertz CT molecular complexity index is 2330. The maximum Gasteiger partial charge on any atom is 0.252 e. The molecule has 0 unspecified atom stereocenters. The molecule has 296 valence electrons. The van der Waals surface area contributed by atoms with E-state index in [2.05, 4.69) is 106 Å². The monoisotopic (exact) mass is 761 g/mol. The Kier molecular flexibility index (Phi) is 13.0. The quantitative estimate of drug-likeness (QED) is 0.0993. The zero-order valence-corrected chi connectivity index (χ0v) is 34.5. The molecule has 9 rings (SSSR count). The van der Waals surface area contributed by atoms with Gasteiger partial charge in [-0.25, -0.2) is 0 Å². The van der Waals surface area contributed by atoms with E-state index >= 15 is 0 Å². The summed E-state index contributed by atoms with van der Waals surface area (Å²) in [6, 6.07) is 41.5. The minimum absolute atomic E-state index is 0.0123. The molecule has 6 aromatic rings. The molecule has 3 aliphatic rings. The lowest BCUT2D eigenvalue weighted by atomic mass is 9.70. The zero-order valence-electron chi connectivity index (χ0n) is 34.5. The van der Waals surface area contributed by atoms with E-state index in [1.165, 1.54) is 32.7 Å². The lowest BCUT2D eigenvalue weighted by molar-refractivity contribution is 0.0824. The fraction of sp³-hybridized carbons (Fsp3) is 0.320. The molecule has 7 heteroatoms. The van der Waals surface area contributed by atoms with Crippen LogP contribution in [0, 0.1) is 13.8 Å². The highest BCUT2D eigenvalue weighted by Gasteiger charge is 2.47. The number of hydrogen-bond acceptors (Lipinski definition) is 5. The van der Waals surface area contributed by atoms with Crippen LogP contribution in [0.5, 0.6) is 0 Å². The van der Waals surface area contributed by atoms with Gasteiger partial charge in [0.15, 0.2) is 0 Å². The normalized spacial score (nSPS) is 15.8. The second-order valence-corrected chi connectivity index (χ2v) is 15.1. The third kappa shape index (κ3) is 8.84. The van der Waals surface area contributed by atoms with E-state index in [1.807, 2.05) is 71.9 Å². The molecule has 6 aromatic carbocycles. The van der Waals surface area contributed by atoms with Gasteiger partial charge in [-0.05, 0) is 114 Å². The summed E-state index contributed by atoms with van der Waals surface area (Å²) in [5, 5.41) is 18.3. The average molecular weight is 762 g/mol. The molecule has 0 atom stereocenters. The fourth-order valence-electron chi connectivity index (χ4n) is 7.90. The molecule has 1 saturated heterocycles. The van der Waals surface area contributed by atoms with Crippen LogP contribution in [-0.2, 0) is 11.1 Å². The molecule has 2 aliphatic carbocycles. The van der Waals surface area contributed by atoms with Gasteiger partial charge in [0.1, 0.15) is 0 Å². The van der Waals surface area contributed by atoms with Crippen molar-refractivity contribution in [1.82, 2.24) is 16.0 Å². The first-order valence-electron chi connectivity index (χ1n) is 20.8. The summed E-state index contributed by atoms with van der Waals surface area (Å²) < 4.78 is 0. The van der Waals surface area contributed by atoms with Crippen molar-refractivity contribution >= 4 is 44.7 Å². The van der Waals surface area contributed by atoms with Gasteiger partial charge in [0.05, 0.1) is 17.1 Å². The van der Waals surface area contributed by atoms with E-state index in [0.717, 1.165) is 67.6 Å². The SMILES string of the molecule is CC.CC.Cc1ccc(N)cc1C(=O)NC1(c2cccc3ccccc23)CCC1.Cc1ccc(NC2CNC2)cc1C(=O)NC1(c2cccc3ccccc23)CC1. The number of hydrogen-bond donors (Lipinski definition) is 5. The van der Waals surface area contributed by atoms with Crippen molar-refractivity contribution in [1.29, 1.82) is 0 Å². The number of carbonyl (C=O) groups is 2. The minimum atomic E-state index is -0.283. The summed E-state index contributed by atoms with van der Waals surface area (Å²) in [6.45, 7) is 13.9. The summed E-state index contributed by atoms with van der Waals surface area (Å²) in [7, 11) is 0. The first-order chi connectivity index (χ1) is 27.7. The van der Waals surface area contributed by atoms with Crippen molar-refractivity contribution in [3.05, 3.63) is 155 Å². The van der Waals surface area contributed by atoms with E-state index in [0.29, 0.717) is 17.3 Å². The van der Waals surface area contributed by atoms with E-state index in [1.54, 1.807) is 6.07 Å². The molecule has 2 amide bonds. The second kappa shape index (κ2) is 18.1. The van der Waals surface area contributed by atoms with Crippen LogP contribution >= 0.6 is 0 Å². The maximum absolute atomic E-state index is 13.2. The Balaban J connectivity index is 0.000000178. The highest BCUT2D eigenvalue weighted by atomic mass is 16.2. The molecule has 0 aromatic heterocycles. The predicted molar refractivity (Wildman–Crippen MR) is 239 cm³/mol. The number of benzene rings is 6. The molecule has 1 aliphatic heterocycles. The van der Waals surface area contributed by atoms with E-state index in [-0.39, 0.29) is 22.9 Å². The first kappa shape index (κ1) is 41.0. The van der Waals surface area contributed by atoms with Crippen LogP contribution in [0.15, 0.2) is 121 Å². The predicted octanol–water partition coefficient (Wildman–Crippen LogP) is 10.5. The van der Waals surface area contributed by atoms with Gasteiger partial charge in [-0.15, -0.1) is 0 Å². The van der Waals surface area contributed by atoms with Crippen LogP contribution in [0.2, 0.25) is 0 Å². The summed E-state index contributed by atoms with van der Waals surface area (Å²) in [4.78, 5) is 26.2. The summed E-state index contributed by atoms with van der Waals surface area (Å²) >= 11 is 0. The lowest BCUT2D eigenvalue weighted by Crippen LogP contribution is -2.51. The van der Waals surface area contributed by atoms with Crippen molar-refractivity contribution in [2.24, 2.45) is 0 Å². The van der Waals surface area contributed by atoms with Crippen LogP contribution in [0.25, 0.3) is 21.5 Å². The summed E-state index contributed by atoms with van der Waals surface area (Å²) in [6.07, 6.45) is 5.02. The number of rotatable bonds is 8. The van der Waals surface area contributed by atoms with Gasteiger partial charge in [0.2, 0.25) is 0 Å². The molecule has 0 spiro atoms. The number of nitrogens with two attached hydrogens (primary N) is 1. The number of nitrogens with one attached hydrogen (secondary N) is 4. The lowest BCUT2D eigenvalue weighted by Gasteiger charge is -2.44. The van der Waals surface area contributed by atoms with Gasteiger partial charge in [-0.1, -0.05) is 125 Å². The number of aryl methyl sites for hydroxylation is 2. The number of amides is 2. The first-order valence-corrected chi connectivity index (χ1v) is 20.8. The Hall–Kier alpha value is -5.66. The van der Waals surface area contributed by atoms with Crippen LogP contribution < -0.4 is 27.0 Å². The van der Waals surface area contributed by atoms with Crippen molar-refractivity contribution in [3.63, 3.8) is 0 Å². The largest absolute Gasteiger partial charge is 0.399 e. The summed E-state index contributed by atoms with van der Waals surface area (Å²) in [5.74, 6) is -0.0317. The molecule has 2 saturated carbocycles.